The molecule has 1 aromatic rings. The first-order chi connectivity index (χ1) is 14.1. The van der Waals surface area contributed by atoms with Crippen LogP contribution in [0.25, 0.3) is 0 Å². The Balaban J connectivity index is 2.19. The summed E-state index contributed by atoms with van der Waals surface area (Å²) in [5.74, 6) is 2.26. The molecule has 0 saturated heterocycles. The second-order valence-corrected chi connectivity index (χ2v) is 6.69. The summed E-state index contributed by atoms with van der Waals surface area (Å²) in [6.07, 6.45) is 6.51. The van der Waals surface area contributed by atoms with E-state index in [9.17, 15) is 4.79 Å². The first-order valence-corrected chi connectivity index (χ1v) is 10.5. The van der Waals surface area contributed by atoms with E-state index in [-0.39, 0.29) is 5.97 Å². The summed E-state index contributed by atoms with van der Waals surface area (Å²) in [4.78, 5) is 15.3. The van der Waals surface area contributed by atoms with Gasteiger partial charge in [-0.25, -0.2) is 0 Å². The Morgan fingerprint density at radius 2 is 1.72 bits per heavy atom. The van der Waals surface area contributed by atoms with Gasteiger partial charge >= 0.3 is 5.97 Å². The Labute approximate surface area is 175 Å². The lowest BCUT2D eigenvalue weighted by Gasteiger charge is -2.13. The zero-order valence-electron chi connectivity index (χ0n) is 18.4. The Bertz CT molecular complexity index is 620. The second kappa shape index (κ2) is 15.5. The molecule has 0 atom stereocenters. The van der Waals surface area contributed by atoms with E-state index in [0.717, 1.165) is 69.1 Å². The fourth-order valence-corrected chi connectivity index (χ4v) is 2.92. The van der Waals surface area contributed by atoms with Crippen LogP contribution in [0.1, 0.15) is 51.0 Å². The fraction of sp³-hybridized carbons (Fsp3) is 0.636. The molecule has 0 radical (unpaired) electrons. The minimum Gasteiger partial charge on any atom is -0.493 e. The minimum absolute atomic E-state index is 0.128. The smallest absolute Gasteiger partial charge is 0.305 e. The molecular formula is C22H37N3O4. The van der Waals surface area contributed by atoms with E-state index < -0.39 is 0 Å². The summed E-state index contributed by atoms with van der Waals surface area (Å²) < 4.78 is 15.6. The Morgan fingerprint density at radius 1 is 1.00 bits per heavy atom. The lowest BCUT2D eigenvalue weighted by Crippen LogP contribution is -2.38. The van der Waals surface area contributed by atoms with E-state index in [4.69, 9.17) is 9.47 Å². The van der Waals surface area contributed by atoms with Crippen molar-refractivity contribution in [3.8, 4) is 11.5 Å². The third kappa shape index (κ3) is 10.6. The van der Waals surface area contributed by atoms with E-state index in [0.29, 0.717) is 13.0 Å². The highest BCUT2D eigenvalue weighted by molar-refractivity contribution is 5.79. The largest absolute Gasteiger partial charge is 0.493 e. The van der Waals surface area contributed by atoms with E-state index >= 15 is 0 Å². The van der Waals surface area contributed by atoms with Crippen LogP contribution in [-0.4, -0.2) is 52.9 Å². The molecule has 0 saturated carbocycles. The van der Waals surface area contributed by atoms with Crippen molar-refractivity contribution in [3.63, 3.8) is 0 Å². The predicted molar refractivity (Wildman–Crippen MR) is 117 cm³/mol. The molecule has 0 amide bonds. The van der Waals surface area contributed by atoms with Gasteiger partial charge in [-0.3, -0.25) is 9.79 Å². The molecule has 0 fully saturated rings. The molecule has 0 bridgehead atoms. The summed E-state index contributed by atoms with van der Waals surface area (Å²) in [5, 5.41) is 6.68. The standard InChI is InChI=1S/C22H37N3O4/c1-5-29-20-17-18(13-14-19(20)27-3)11-10-16-25-22(23-2)24-15-9-7-6-8-12-21(26)28-4/h13-14,17H,5-12,15-16H2,1-4H3,(H2,23,24,25). The maximum atomic E-state index is 11.0. The van der Waals surface area contributed by atoms with Crippen LogP contribution >= 0.6 is 0 Å². The number of rotatable bonds is 14. The Kier molecular flexibility index (Phi) is 13.1. The fourth-order valence-electron chi connectivity index (χ4n) is 2.92. The number of esters is 1. The lowest BCUT2D eigenvalue weighted by molar-refractivity contribution is -0.140. The molecule has 2 N–H and O–H groups in total. The molecule has 0 unspecified atom stereocenters. The molecule has 0 aliphatic rings. The number of methoxy groups -OCH3 is 2. The molecule has 0 spiro atoms. The lowest BCUT2D eigenvalue weighted by atomic mass is 10.1. The van der Waals surface area contributed by atoms with Crippen LogP contribution in [-0.2, 0) is 16.0 Å². The summed E-state index contributed by atoms with van der Waals surface area (Å²) >= 11 is 0. The zero-order valence-corrected chi connectivity index (χ0v) is 18.4. The highest BCUT2D eigenvalue weighted by atomic mass is 16.5. The van der Waals surface area contributed by atoms with Crippen LogP contribution in [0.5, 0.6) is 11.5 Å². The van der Waals surface area contributed by atoms with Crippen molar-refractivity contribution >= 4 is 11.9 Å². The van der Waals surface area contributed by atoms with Gasteiger partial charge in [-0.15, -0.1) is 0 Å². The van der Waals surface area contributed by atoms with Crippen LogP contribution in [0, 0.1) is 0 Å². The van der Waals surface area contributed by atoms with E-state index in [2.05, 4.69) is 32.5 Å². The summed E-state index contributed by atoms with van der Waals surface area (Å²) in [6.45, 7) is 4.30. The van der Waals surface area contributed by atoms with Gasteiger partial charge in [0.1, 0.15) is 0 Å². The molecular weight excluding hydrogens is 370 g/mol. The first-order valence-electron chi connectivity index (χ1n) is 10.5. The molecule has 1 rings (SSSR count). The third-order valence-electron chi connectivity index (χ3n) is 4.51. The van der Waals surface area contributed by atoms with Crippen molar-refractivity contribution in [3.05, 3.63) is 23.8 Å². The van der Waals surface area contributed by atoms with Crippen molar-refractivity contribution < 1.29 is 19.0 Å². The highest BCUT2D eigenvalue weighted by Crippen LogP contribution is 2.28. The topological polar surface area (TPSA) is 81.2 Å². The molecule has 164 valence electrons. The molecule has 7 nitrogen and oxygen atoms in total. The number of carbonyl (C=O) groups is 1. The zero-order chi connectivity index (χ0) is 21.3. The maximum absolute atomic E-state index is 11.0. The minimum atomic E-state index is -0.128. The van der Waals surface area contributed by atoms with Gasteiger partial charge in [0.05, 0.1) is 20.8 Å². The number of benzene rings is 1. The van der Waals surface area contributed by atoms with E-state index in [1.807, 2.05) is 13.0 Å². The Morgan fingerprint density at radius 3 is 2.38 bits per heavy atom. The average Bonchev–Trinajstić information content (AvgIpc) is 2.74. The number of ether oxygens (including phenoxy) is 3. The van der Waals surface area contributed by atoms with Crippen molar-refractivity contribution in [1.29, 1.82) is 0 Å². The molecule has 1 aromatic carbocycles. The molecule has 0 aliphatic heterocycles. The monoisotopic (exact) mass is 407 g/mol. The number of aryl methyl sites for hydroxylation is 1. The summed E-state index contributed by atoms with van der Waals surface area (Å²) in [6, 6.07) is 6.09. The number of unbranched alkanes of at least 4 members (excludes halogenated alkanes) is 3. The molecule has 0 aromatic heterocycles. The predicted octanol–water partition coefficient (Wildman–Crippen LogP) is 3.32. The number of aliphatic imine (C=N–C) groups is 1. The van der Waals surface area contributed by atoms with Gasteiger partial charge in [-0.05, 0) is 50.3 Å². The number of nitrogens with zero attached hydrogens (tertiary/aromatic N) is 1. The summed E-state index contributed by atoms with van der Waals surface area (Å²) in [7, 11) is 4.87. The van der Waals surface area contributed by atoms with Crippen molar-refractivity contribution in [2.45, 2.75) is 51.9 Å². The van der Waals surface area contributed by atoms with Gasteiger partial charge in [0.25, 0.3) is 0 Å². The van der Waals surface area contributed by atoms with Gasteiger partial charge in [0.2, 0.25) is 0 Å². The average molecular weight is 408 g/mol. The first kappa shape index (κ1) is 24.6. The van der Waals surface area contributed by atoms with Crippen molar-refractivity contribution in [2.75, 3.05) is 41.0 Å². The van der Waals surface area contributed by atoms with Gasteiger partial charge in [0.15, 0.2) is 17.5 Å². The van der Waals surface area contributed by atoms with Crippen molar-refractivity contribution in [2.24, 2.45) is 4.99 Å². The maximum Gasteiger partial charge on any atom is 0.305 e. The van der Waals surface area contributed by atoms with Crippen LogP contribution < -0.4 is 20.1 Å². The quantitative estimate of drug-likeness (QED) is 0.213. The van der Waals surface area contributed by atoms with Crippen LogP contribution in [0.2, 0.25) is 0 Å². The van der Waals surface area contributed by atoms with Gasteiger partial charge in [-0.1, -0.05) is 18.9 Å². The number of hydrogen-bond donors (Lipinski definition) is 2. The van der Waals surface area contributed by atoms with Gasteiger partial charge in [-0.2, -0.15) is 0 Å². The van der Waals surface area contributed by atoms with Gasteiger partial charge in [0, 0.05) is 26.6 Å². The van der Waals surface area contributed by atoms with Crippen LogP contribution in [0.4, 0.5) is 0 Å². The number of nitrogens with one attached hydrogen (secondary N) is 2. The molecule has 7 heteroatoms. The normalized spacial score (nSPS) is 11.1. The Hall–Kier alpha value is -2.44. The number of carbonyl (C=O) groups excluding carboxylic acids is 1. The molecule has 0 aliphatic carbocycles. The number of guanidine groups is 1. The second-order valence-electron chi connectivity index (χ2n) is 6.69. The van der Waals surface area contributed by atoms with Crippen LogP contribution in [0.15, 0.2) is 23.2 Å². The highest BCUT2D eigenvalue weighted by Gasteiger charge is 2.05. The molecule has 0 heterocycles. The van der Waals surface area contributed by atoms with Gasteiger partial charge < -0.3 is 24.8 Å². The summed E-state index contributed by atoms with van der Waals surface area (Å²) in [5.41, 5.74) is 1.23. The van der Waals surface area contributed by atoms with Crippen molar-refractivity contribution in [1.82, 2.24) is 10.6 Å². The molecule has 29 heavy (non-hydrogen) atoms. The van der Waals surface area contributed by atoms with E-state index in [1.165, 1.54) is 12.7 Å². The SMILES string of the molecule is CCOc1cc(CCCNC(=NC)NCCCCCCC(=O)OC)ccc1OC. The van der Waals surface area contributed by atoms with E-state index in [1.54, 1.807) is 14.2 Å². The number of hydrogen-bond acceptors (Lipinski definition) is 5. The third-order valence-corrected chi connectivity index (χ3v) is 4.51. The van der Waals surface area contributed by atoms with Crippen LogP contribution in [0.3, 0.4) is 0 Å².